The van der Waals surface area contributed by atoms with E-state index < -0.39 is 30.3 Å². The first-order chi connectivity index (χ1) is 11.0. The monoisotopic (exact) mass is 322 g/mol. The van der Waals surface area contributed by atoms with Gasteiger partial charge in [-0.15, -0.1) is 0 Å². The quantitative estimate of drug-likeness (QED) is 0.676. The van der Waals surface area contributed by atoms with Crippen LogP contribution < -0.4 is 0 Å². The van der Waals surface area contributed by atoms with E-state index in [9.17, 15) is 20.1 Å². The Balaban J connectivity index is 1.53. The minimum absolute atomic E-state index is 0.0683. The largest absolute Gasteiger partial charge is 0.508 e. The smallest absolute Gasteiger partial charge is 0.338 e. The number of esters is 1. The molecule has 3 N–H and O–H groups in total. The molecule has 7 nitrogen and oxygen atoms in total. The average Bonchev–Trinajstić information content (AvgIpc) is 2.97. The topological polar surface area (TPSA) is 105 Å². The van der Waals surface area contributed by atoms with Gasteiger partial charge < -0.3 is 29.5 Å². The molecule has 0 spiro atoms. The molecule has 1 unspecified atom stereocenters. The van der Waals surface area contributed by atoms with Crippen LogP contribution in [0, 0.1) is 11.8 Å². The number of aliphatic hydroxyl groups excluding tert-OH is 1. The van der Waals surface area contributed by atoms with Crippen molar-refractivity contribution in [2.24, 2.45) is 11.8 Å². The van der Waals surface area contributed by atoms with Gasteiger partial charge >= 0.3 is 5.97 Å². The third-order valence-corrected chi connectivity index (χ3v) is 5.03. The predicted octanol–water partition coefficient (Wildman–Crippen LogP) is 0.380. The maximum Gasteiger partial charge on any atom is 0.338 e. The van der Waals surface area contributed by atoms with Crippen molar-refractivity contribution in [2.75, 3.05) is 6.61 Å². The van der Waals surface area contributed by atoms with Crippen molar-refractivity contribution < 1.29 is 34.3 Å². The van der Waals surface area contributed by atoms with Crippen molar-refractivity contribution in [3.63, 3.8) is 0 Å². The van der Waals surface area contributed by atoms with Crippen LogP contribution in [-0.2, 0) is 14.2 Å². The molecule has 124 valence electrons. The van der Waals surface area contributed by atoms with Crippen molar-refractivity contribution in [2.45, 2.75) is 37.1 Å². The Morgan fingerprint density at radius 2 is 2.04 bits per heavy atom. The lowest BCUT2D eigenvalue weighted by molar-refractivity contribution is -0.265. The number of aromatic hydroxyl groups is 1. The van der Waals surface area contributed by atoms with E-state index in [2.05, 4.69) is 0 Å². The Bertz CT molecular complexity index is 615. The number of rotatable bonds is 2. The minimum atomic E-state index is -1.09. The molecule has 7 heteroatoms. The van der Waals surface area contributed by atoms with Gasteiger partial charge in [0.1, 0.15) is 11.9 Å². The molecular formula is C16H18O7. The molecule has 0 radical (unpaired) electrons. The van der Waals surface area contributed by atoms with Gasteiger partial charge in [0.05, 0.1) is 17.8 Å². The normalized spacial score (nSPS) is 41.6. The second-order valence-electron chi connectivity index (χ2n) is 6.49. The molecule has 23 heavy (non-hydrogen) atoms. The molecule has 6 atom stereocenters. The number of carbonyl (C=O) groups excluding carboxylic acids is 1. The molecule has 0 bridgehead atoms. The van der Waals surface area contributed by atoms with Gasteiger partial charge in [0, 0.05) is 24.7 Å². The maximum atomic E-state index is 12.3. The van der Waals surface area contributed by atoms with Crippen LogP contribution in [0.2, 0.25) is 0 Å². The van der Waals surface area contributed by atoms with E-state index in [-0.39, 0.29) is 30.6 Å². The number of aliphatic hydroxyl groups is 2. The van der Waals surface area contributed by atoms with Crippen molar-refractivity contribution in [3.05, 3.63) is 29.8 Å². The van der Waals surface area contributed by atoms with E-state index in [1.165, 1.54) is 24.3 Å². The highest BCUT2D eigenvalue weighted by atomic mass is 16.7. The summed E-state index contributed by atoms with van der Waals surface area (Å²) >= 11 is 0. The van der Waals surface area contributed by atoms with Gasteiger partial charge in [0.25, 0.3) is 0 Å². The summed E-state index contributed by atoms with van der Waals surface area (Å²) < 4.78 is 16.3. The summed E-state index contributed by atoms with van der Waals surface area (Å²) in [6.45, 7) is 0.110. The van der Waals surface area contributed by atoms with Gasteiger partial charge in [-0.2, -0.15) is 0 Å². The van der Waals surface area contributed by atoms with Gasteiger partial charge in [-0.1, -0.05) is 0 Å². The first-order valence-corrected chi connectivity index (χ1v) is 7.64. The predicted molar refractivity (Wildman–Crippen MR) is 75.3 cm³/mol. The first-order valence-electron chi connectivity index (χ1n) is 7.64. The standard InChI is InChI=1S/C16H18O7/c17-9-3-1-8(2-4-9)14(19)22-11-6-16(20)7-21-15-13(16)10(11)5-12(18)23-15/h1-4,10-13,15,17-18,20H,5-7H2/t10-,11+,12-,13?,15-,16+/m0/s1. The second kappa shape index (κ2) is 5.17. The van der Waals surface area contributed by atoms with E-state index in [4.69, 9.17) is 14.2 Å². The molecular weight excluding hydrogens is 304 g/mol. The number of carbonyl (C=O) groups is 1. The third kappa shape index (κ3) is 2.40. The van der Waals surface area contributed by atoms with Gasteiger partial charge in [0.15, 0.2) is 12.6 Å². The lowest BCUT2D eigenvalue weighted by Gasteiger charge is -2.35. The number of ether oxygens (including phenoxy) is 3. The molecule has 1 saturated carbocycles. The first kappa shape index (κ1) is 14.9. The molecule has 3 fully saturated rings. The molecule has 2 heterocycles. The van der Waals surface area contributed by atoms with E-state index in [0.29, 0.717) is 12.0 Å². The highest BCUT2D eigenvalue weighted by Crippen LogP contribution is 2.53. The van der Waals surface area contributed by atoms with Crippen molar-refractivity contribution in [1.82, 2.24) is 0 Å². The third-order valence-electron chi connectivity index (χ3n) is 5.03. The summed E-state index contributed by atoms with van der Waals surface area (Å²) in [5.41, 5.74) is -0.762. The minimum Gasteiger partial charge on any atom is -0.508 e. The summed E-state index contributed by atoms with van der Waals surface area (Å²) in [6, 6.07) is 5.78. The van der Waals surface area contributed by atoms with Crippen LogP contribution in [0.15, 0.2) is 24.3 Å². The molecule has 4 rings (SSSR count). The zero-order valence-corrected chi connectivity index (χ0v) is 12.3. The highest BCUT2D eigenvalue weighted by Gasteiger charge is 2.64. The highest BCUT2D eigenvalue weighted by molar-refractivity contribution is 5.89. The van der Waals surface area contributed by atoms with Gasteiger partial charge in [-0.25, -0.2) is 4.79 Å². The summed E-state index contributed by atoms with van der Waals surface area (Å²) in [7, 11) is 0. The summed E-state index contributed by atoms with van der Waals surface area (Å²) in [4.78, 5) is 12.3. The van der Waals surface area contributed by atoms with E-state index >= 15 is 0 Å². The van der Waals surface area contributed by atoms with Crippen LogP contribution in [-0.4, -0.2) is 52.2 Å². The summed E-state index contributed by atoms with van der Waals surface area (Å²) in [6.07, 6.45) is -1.60. The number of phenolic OH excluding ortho intramolecular Hbond substituents is 1. The van der Waals surface area contributed by atoms with E-state index in [0.717, 1.165) is 0 Å². The summed E-state index contributed by atoms with van der Waals surface area (Å²) in [5, 5.41) is 29.8. The van der Waals surface area contributed by atoms with Gasteiger partial charge in [-0.05, 0) is 24.3 Å². The Hall–Kier alpha value is -1.67. The molecule has 0 amide bonds. The van der Waals surface area contributed by atoms with Crippen LogP contribution in [0.5, 0.6) is 5.75 Å². The van der Waals surface area contributed by atoms with E-state index in [1.54, 1.807) is 0 Å². The number of benzene rings is 1. The number of hydrogen-bond donors (Lipinski definition) is 3. The lowest BCUT2D eigenvalue weighted by Crippen LogP contribution is -2.44. The number of phenols is 1. The average molecular weight is 322 g/mol. The number of hydrogen-bond acceptors (Lipinski definition) is 7. The van der Waals surface area contributed by atoms with Crippen LogP contribution in [0.3, 0.4) is 0 Å². The van der Waals surface area contributed by atoms with Crippen LogP contribution in [0.25, 0.3) is 0 Å². The Morgan fingerprint density at radius 1 is 1.30 bits per heavy atom. The molecule has 3 aliphatic rings. The fraction of sp³-hybridized carbons (Fsp3) is 0.562. The molecule has 1 aromatic rings. The van der Waals surface area contributed by atoms with Gasteiger partial charge in [-0.3, -0.25) is 0 Å². The zero-order chi connectivity index (χ0) is 16.2. The Labute approximate surface area is 132 Å². The Morgan fingerprint density at radius 3 is 2.78 bits per heavy atom. The van der Waals surface area contributed by atoms with Gasteiger partial charge in [0.2, 0.25) is 0 Å². The fourth-order valence-corrected chi connectivity index (χ4v) is 4.00. The second-order valence-corrected chi connectivity index (χ2v) is 6.49. The summed E-state index contributed by atoms with van der Waals surface area (Å²) in [5.74, 6) is -0.961. The maximum absolute atomic E-state index is 12.3. The molecule has 0 aromatic heterocycles. The molecule has 2 saturated heterocycles. The van der Waals surface area contributed by atoms with Crippen molar-refractivity contribution in [3.8, 4) is 5.75 Å². The molecule has 1 aliphatic carbocycles. The fourth-order valence-electron chi connectivity index (χ4n) is 4.00. The van der Waals surface area contributed by atoms with Crippen molar-refractivity contribution >= 4 is 5.97 Å². The molecule has 2 aliphatic heterocycles. The van der Waals surface area contributed by atoms with Crippen LogP contribution in [0.1, 0.15) is 23.2 Å². The molecule has 1 aromatic carbocycles. The van der Waals surface area contributed by atoms with E-state index in [1.807, 2.05) is 0 Å². The zero-order valence-electron chi connectivity index (χ0n) is 12.3. The van der Waals surface area contributed by atoms with Crippen molar-refractivity contribution in [1.29, 1.82) is 0 Å². The SMILES string of the molecule is O=C(O[C@@H]1C[C@@]2(O)CO[C@H]3O[C@H](O)C[C@@H]1C32)c1ccc(O)cc1. The Kier molecular flexibility index (Phi) is 3.35. The van der Waals surface area contributed by atoms with Crippen LogP contribution >= 0.6 is 0 Å². The lowest BCUT2D eigenvalue weighted by atomic mass is 9.84. The van der Waals surface area contributed by atoms with Crippen LogP contribution in [0.4, 0.5) is 0 Å².